The first-order valence-corrected chi connectivity index (χ1v) is 15.4. The Morgan fingerprint density at radius 1 is 1.26 bits per heavy atom. The molecule has 1 aromatic heterocycles. The van der Waals surface area contributed by atoms with Gasteiger partial charge in [-0.05, 0) is 66.6 Å². The van der Waals surface area contributed by atoms with Gasteiger partial charge >= 0.3 is 5.84 Å². The molecule has 220 valence electrons. The summed E-state index contributed by atoms with van der Waals surface area (Å²) < 4.78 is 18.4. The summed E-state index contributed by atoms with van der Waals surface area (Å²) in [7, 11) is 3.47. The number of aromatic nitrogens is 1. The van der Waals surface area contributed by atoms with Crippen LogP contribution in [-0.2, 0) is 15.1 Å². The van der Waals surface area contributed by atoms with Gasteiger partial charge in [0.25, 0.3) is 5.91 Å². The van der Waals surface area contributed by atoms with Crippen molar-refractivity contribution in [2.75, 3.05) is 32.5 Å². The highest BCUT2D eigenvalue weighted by molar-refractivity contribution is 6.31. The van der Waals surface area contributed by atoms with E-state index in [0.29, 0.717) is 40.9 Å². The minimum atomic E-state index is -1.19. The number of nitrogens with one attached hydrogen (secondary N) is 1. The molecule has 1 saturated carbocycles. The number of aliphatic imine (C=N–C) groups is 1. The quantitative estimate of drug-likeness (QED) is 0.407. The number of amides is 2. The molecule has 8 nitrogen and oxygen atoms in total. The molecule has 1 aromatic carbocycles. The lowest BCUT2D eigenvalue weighted by molar-refractivity contribution is -0.531. The molecule has 5 heterocycles. The van der Waals surface area contributed by atoms with Gasteiger partial charge in [-0.25, -0.2) is 13.9 Å². The van der Waals surface area contributed by atoms with Crippen LogP contribution in [0.1, 0.15) is 36.8 Å². The first-order chi connectivity index (χ1) is 20.6. The van der Waals surface area contributed by atoms with E-state index in [-0.39, 0.29) is 35.0 Å². The number of carbonyl (C=O) groups excluding carboxylic acids is 2. The Bertz CT molecular complexity index is 1780. The molecule has 1 spiro atoms. The molecule has 11 heteroatoms. The Morgan fingerprint density at radius 2 is 2.05 bits per heavy atom. The Hall–Kier alpha value is -3.40. The van der Waals surface area contributed by atoms with E-state index in [1.165, 1.54) is 6.20 Å². The van der Waals surface area contributed by atoms with Gasteiger partial charge in [-0.1, -0.05) is 29.3 Å². The third kappa shape index (κ3) is 3.61. The second-order valence-electron chi connectivity index (χ2n) is 12.6. The van der Waals surface area contributed by atoms with Gasteiger partial charge in [0.05, 0.1) is 12.0 Å². The zero-order valence-electron chi connectivity index (χ0n) is 23.9. The van der Waals surface area contributed by atoms with Crippen LogP contribution < -0.4 is 5.32 Å². The van der Waals surface area contributed by atoms with E-state index < -0.39 is 17.3 Å². The molecule has 2 amide bonds. The van der Waals surface area contributed by atoms with Crippen LogP contribution in [0.4, 0.5) is 10.1 Å². The van der Waals surface area contributed by atoms with Gasteiger partial charge < -0.3 is 10.2 Å². The van der Waals surface area contributed by atoms with Crippen LogP contribution in [0.5, 0.6) is 0 Å². The third-order valence-corrected chi connectivity index (χ3v) is 10.6. The largest absolute Gasteiger partial charge is 0.345 e. The minimum absolute atomic E-state index is 0.0791. The number of rotatable bonds is 4. The molecular weight excluding hydrogens is 590 g/mol. The van der Waals surface area contributed by atoms with Crippen molar-refractivity contribution >= 4 is 52.3 Å². The van der Waals surface area contributed by atoms with E-state index in [1.54, 1.807) is 37.2 Å². The molecule has 0 radical (unpaired) electrons. The molecule has 8 rings (SSSR count). The zero-order chi connectivity index (χ0) is 29.9. The summed E-state index contributed by atoms with van der Waals surface area (Å²) in [6, 6.07) is 6.89. The van der Waals surface area contributed by atoms with Gasteiger partial charge in [0.1, 0.15) is 12.1 Å². The Balaban J connectivity index is 1.35. The van der Waals surface area contributed by atoms with E-state index in [0.717, 1.165) is 35.5 Å². The molecule has 0 bridgehead atoms. The lowest BCUT2D eigenvalue weighted by Crippen LogP contribution is -2.54. The molecule has 1 unspecified atom stereocenters. The molecule has 4 aliphatic heterocycles. The fourth-order valence-electron chi connectivity index (χ4n) is 8.13. The summed E-state index contributed by atoms with van der Waals surface area (Å²) in [5.41, 5.74) is 2.86. The van der Waals surface area contributed by atoms with Crippen molar-refractivity contribution in [3.05, 3.63) is 80.9 Å². The molecule has 1 saturated heterocycles. The minimum Gasteiger partial charge on any atom is -0.345 e. The van der Waals surface area contributed by atoms with E-state index in [1.807, 2.05) is 25.1 Å². The van der Waals surface area contributed by atoms with Crippen molar-refractivity contribution in [2.45, 2.75) is 43.3 Å². The lowest BCUT2D eigenvalue weighted by Gasteiger charge is -2.40. The maximum atomic E-state index is 16.1. The number of nitrogens with zero attached hydrogens (tertiary/aromatic N) is 5. The lowest BCUT2D eigenvalue weighted by atomic mass is 9.71. The number of amidine groups is 1. The number of benzene rings is 1. The number of likely N-dealkylation sites (tertiary alicyclic amines) is 1. The van der Waals surface area contributed by atoms with Crippen molar-refractivity contribution in [1.29, 1.82) is 0 Å². The van der Waals surface area contributed by atoms with Gasteiger partial charge in [0, 0.05) is 60.2 Å². The summed E-state index contributed by atoms with van der Waals surface area (Å²) in [4.78, 5) is 40.6. The molecular formula is C32H30Cl2FN6O2+. The van der Waals surface area contributed by atoms with Crippen LogP contribution in [-0.4, -0.2) is 82.0 Å². The summed E-state index contributed by atoms with van der Waals surface area (Å²) in [6.45, 7) is 3.27. The van der Waals surface area contributed by atoms with Gasteiger partial charge in [-0.15, -0.1) is 0 Å². The van der Waals surface area contributed by atoms with Crippen molar-refractivity contribution in [1.82, 2.24) is 14.8 Å². The predicted molar refractivity (Wildman–Crippen MR) is 162 cm³/mol. The predicted octanol–water partition coefficient (Wildman–Crippen LogP) is 4.39. The van der Waals surface area contributed by atoms with E-state index >= 15 is 4.39 Å². The van der Waals surface area contributed by atoms with Gasteiger partial charge in [-0.3, -0.25) is 14.5 Å². The second kappa shape index (κ2) is 9.30. The maximum Gasteiger partial charge on any atom is 0.300 e. The van der Waals surface area contributed by atoms with Crippen LogP contribution in [0, 0.1) is 17.7 Å². The highest BCUT2D eigenvalue weighted by Crippen LogP contribution is 2.62. The average Bonchev–Trinajstić information content (AvgIpc) is 3.40. The third-order valence-electron chi connectivity index (χ3n) is 10.1. The van der Waals surface area contributed by atoms with Crippen molar-refractivity contribution in [2.24, 2.45) is 16.8 Å². The van der Waals surface area contributed by atoms with Gasteiger partial charge in [-0.2, -0.15) is 0 Å². The number of fused-ring (bicyclic) bond motifs is 6. The SMILES string of the molecule is CC1=C(C(=O)N(C)C)C=CC2C1=NC1=[N+]2C[C@H]2[C@@H]1[C@H](c1ccnc(Cl)c1F)[C@]1(C(=O)Nc3cc(Cl)ccc31)N2CC1CC1. The molecule has 2 aromatic rings. The fraction of sp³-hybridized carbons (Fsp3) is 0.406. The molecule has 2 fully saturated rings. The normalized spacial score (nSPS) is 30.5. The number of hydrogen-bond donors (Lipinski definition) is 1. The number of likely N-dealkylation sites (N-methyl/N-ethyl adjacent to an activating group) is 1. The van der Waals surface area contributed by atoms with Gasteiger partial charge in [0.15, 0.2) is 17.0 Å². The van der Waals surface area contributed by atoms with Crippen LogP contribution in [0.25, 0.3) is 0 Å². The Kier molecular flexibility index (Phi) is 5.88. The summed E-state index contributed by atoms with van der Waals surface area (Å²) in [5, 5.41) is 3.40. The number of pyridine rings is 1. The number of hydrogen-bond acceptors (Lipinski definition) is 5. The second-order valence-corrected chi connectivity index (χ2v) is 13.4. The molecule has 6 aliphatic rings. The molecule has 2 aliphatic carbocycles. The summed E-state index contributed by atoms with van der Waals surface area (Å²) >= 11 is 12.7. The molecule has 5 atom stereocenters. The first kappa shape index (κ1) is 27.2. The first-order valence-electron chi connectivity index (χ1n) is 14.6. The van der Waals surface area contributed by atoms with Crippen molar-refractivity contribution in [3.63, 3.8) is 0 Å². The standard InChI is InChI=1S/C32H29Cl2FN6O2/c1-15-18(30(42)39(2)3)7-9-22-27(15)38-29-24-23(14-40(22)29)41(13-16-4-5-16)32(25(24)19-10-11-36-28(34)26(19)35)20-8-6-17(33)12-21(20)37-31(32)43/h6-12,16,22-25H,4-5,13-14H2,1-3H3/p+1/t22?,23-,24+,25-,32+/m0/s1. The van der Waals surface area contributed by atoms with Gasteiger partial charge in [0.2, 0.25) is 11.6 Å². The number of carbonyl (C=O) groups is 2. The fourth-order valence-corrected chi connectivity index (χ4v) is 8.46. The zero-order valence-corrected chi connectivity index (χ0v) is 25.5. The van der Waals surface area contributed by atoms with Crippen LogP contribution >= 0.6 is 23.2 Å². The molecule has 1 N–H and O–H groups in total. The van der Waals surface area contributed by atoms with Crippen molar-refractivity contribution < 1.29 is 18.6 Å². The number of anilines is 1. The monoisotopic (exact) mass is 619 g/mol. The topological polar surface area (TPSA) is 80.9 Å². The highest BCUT2D eigenvalue weighted by atomic mass is 35.5. The highest BCUT2D eigenvalue weighted by Gasteiger charge is 2.73. The van der Waals surface area contributed by atoms with Crippen LogP contribution in [0.3, 0.4) is 0 Å². The van der Waals surface area contributed by atoms with E-state index in [2.05, 4.69) is 19.8 Å². The Morgan fingerprint density at radius 3 is 2.79 bits per heavy atom. The summed E-state index contributed by atoms with van der Waals surface area (Å²) in [6.07, 6.45) is 7.64. The number of halogens is 3. The average molecular weight is 621 g/mol. The van der Waals surface area contributed by atoms with E-state index in [4.69, 9.17) is 28.2 Å². The maximum absolute atomic E-state index is 16.1. The molecule has 43 heavy (non-hydrogen) atoms. The van der Waals surface area contributed by atoms with E-state index in [9.17, 15) is 9.59 Å². The van der Waals surface area contributed by atoms with Crippen LogP contribution in [0.2, 0.25) is 10.2 Å². The summed E-state index contributed by atoms with van der Waals surface area (Å²) in [5.74, 6) is -0.561. The Labute approximate surface area is 258 Å². The van der Waals surface area contributed by atoms with Crippen molar-refractivity contribution in [3.8, 4) is 0 Å². The smallest absolute Gasteiger partial charge is 0.300 e. The van der Waals surface area contributed by atoms with Crippen LogP contribution in [0.15, 0.2) is 58.8 Å².